The molecule has 0 spiro atoms. The van der Waals surface area contributed by atoms with Crippen LogP contribution in [0.25, 0.3) is 0 Å². The van der Waals surface area contributed by atoms with E-state index in [2.05, 4.69) is 28.2 Å². The fraction of sp³-hybridized carbons (Fsp3) is 0.533. The van der Waals surface area contributed by atoms with Gasteiger partial charge in [-0.05, 0) is 59.7 Å². The lowest BCUT2D eigenvalue weighted by atomic mass is 9.84. The smallest absolute Gasteiger partial charge is 0.338 e. The average molecular weight is 326 g/mol. The molecular weight excluding hydrogens is 306 g/mol. The summed E-state index contributed by atoms with van der Waals surface area (Å²) in [5, 5.41) is 12.7. The van der Waals surface area contributed by atoms with E-state index < -0.39 is 5.97 Å². The van der Waals surface area contributed by atoms with Gasteiger partial charge in [0.05, 0.1) is 11.3 Å². The second-order valence-electron chi connectivity index (χ2n) is 5.24. The molecule has 1 aromatic rings. The van der Waals surface area contributed by atoms with Gasteiger partial charge in [-0.2, -0.15) is 0 Å². The van der Waals surface area contributed by atoms with Gasteiger partial charge in [0.2, 0.25) is 0 Å². The monoisotopic (exact) mass is 325 g/mol. The van der Waals surface area contributed by atoms with Crippen molar-refractivity contribution in [2.24, 2.45) is 5.92 Å². The molecule has 19 heavy (non-hydrogen) atoms. The SMILES string of the molecule is CCC1CCC(Nc2cccc(Br)c2C(=O)O)CC1. The molecule has 0 bridgehead atoms. The van der Waals surface area contributed by atoms with E-state index in [1.54, 1.807) is 6.07 Å². The summed E-state index contributed by atoms with van der Waals surface area (Å²) in [6.45, 7) is 2.25. The maximum absolute atomic E-state index is 11.3. The first-order valence-corrected chi connectivity index (χ1v) is 7.69. The van der Waals surface area contributed by atoms with Gasteiger partial charge < -0.3 is 10.4 Å². The van der Waals surface area contributed by atoms with Crippen LogP contribution in [0.2, 0.25) is 0 Å². The summed E-state index contributed by atoms with van der Waals surface area (Å²) < 4.78 is 0.632. The fourth-order valence-electron chi connectivity index (χ4n) is 2.80. The first-order chi connectivity index (χ1) is 9.11. The van der Waals surface area contributed by atoms with E-state index in [9.17, 15) is 9.90 Å². The number of hydrogen-bond acceptors (Lipinski definition) is 2. The lowest BCUT2D eigenvalue weighted by Gasteiger charge is -2.29. The van der Waals surface area contributed by atoms with E-state index >= 15 is 0 Å². The van der Waals surface area contributed by atoms with Crippen LogP contribution in [0.3, 0.4) is 0 Å². The Kier molecular flexibility index (Phi) is 4.86. The number of carboxylic acids is 1. The molecule has 0 aromatic heterocycles. The average Bonchev–Trinajstić information content (AvgIpc) is 2.39. The molecular formula is C15H20BrNO2. The van der Waals surface area contributed by atoms with Crippen LogP contribution in [-0.2, 0) is 0 Å². The first kappa shape index (κ1) is 14.4. The number of benzene rings is 1. The zero-order valence-electron chi connectivity index (χ0n) is 11.2. The van der Waals surface area contributed by atoms with Gasteiger partial charge in [0, 0.05) is 10.5 Å². The van der Waals surface area contributed by atoms with E-state index in [0.717, 1.165) is 24.4 Å². The van der Waals surface area contributed by atoms with E-state index in [4.69, 9.17) is 0 Å². The van der Waals surface area contributed by atoms with Crippen LogP contribution in [0.15, 0.2) is 22.7 Å². The number of nitrogens with one attached hydrogen (secondary N) is 1. The van der Waals surface area contributed by atoms with Crippen molar-refractivity contribution in [3.8, 4) is 0 Å². The normalized spacial score (nSPS) is 23.1. The molecule has 104 valence electrons. The lowest BCUT2D eigenvalue weighted by molar-refractivity contribution is 0.0697. The highest BCUT2D eigenvalue weighted by molar-refractivity contribution is 9.10. The van der Waals surface area contributed by atoms with E-state index in [-0.39, 0.29) is 0 Å². The van der Waals surface area contributed by atoms with Crippen molar-refractivity contribution in [3.05, 3.63) is 28.2 Å². The highest BCUT2D eigenvalue weighted by Gasteiger charge is 2.22. The van der Waals surface area contributed by atoms with Crippen LogP contribution in [-0.4, -0.2) is 17.1 Å². The molecule has 0 radical (unpaired) electrons. The van der Waals surface area contributed by atoms with Crippen molar-refractivity contribution in [2.75, 3.05) is 5.32 Å². The first-order valence-electron chi connectivity index (χ1n) is 6.90. The van der Waals surface area contributed by atoms with Gasteiger partial charge in [-0.25, -0.2) is 4.79 Å². The van der Waals surface area contributed by atoms with Crippen LogP contribution in [0.5, 0.6) is 0 Å². The molecule has 2 N–H and O–H groups in total. The maximum atomic E-state index is 11.3. The van der Waals surface area contributed by atoms with Crippen molar-refractivity contribution in [1.29, 1.82) is 0 Å². The zero-order chi connectivity index (χ0) is 13.8. The molecule has 1 aliphatic rings. The summed E-state index contributed by atoms with van der Waals surface area (Å²) in [5.41, 5.74) is 1.06. The Balaban J connectivity index is 2.08. The van der Waals surface area contributed by atoms with Gasteiger partial charge in [-0.1, -0.05) is 19.4 Å². The predicted molar refractivity (Wildman–Crippen MR) is 80.8 cm³/mol. The highest BCUT2D eigenvalue weighted by Crippen LogP contribution is 2.31. The summed E-state index contributed by atoms with van der Waals surface area (Å²) in [6.07, 6.45) is 5.99. The molecule has 0 atom stereocenters. The molecule has 1 fully saturated rings. The minimum absolute atomic E-state index is 0.333. The van der Waals surface area contributed by atoms with Crippen LogP contribution >= 0.6 is 15.9 Å². The Morgan fingerprint density at radius 3 is 2.63 bits per heavy atom. The minimum Gasteiger partial charge on any atom is -0.478 e. The highest BCUT2D eigenvalue weighted by atomic mass is 79.9. The van der Waals surface area contributed by atoms with Crippen molar-refractivity contribution in [1.82, 2.24) is 0 Å². The molecule has 0 saturated heterocycles. The molecule has 2 rings (SSSR count). The van der Waals surface area contributed by atoms with Crippen LogP contribution in [0.1, 0.15) is 49.4 Å². The number of aromatic carboxylic acids is 1. The second kappa shape index (κ2) is 6.42. The third-order valence-corrected chi connectivity index (χ3v) is 4.67. The Hall–Kier alpha value is -1.03. The van der Waals surface area contributed by atoms with Crippen LogP contribution in [0.4, 0.5) is 5.69 Å². The quantitative estimate of drug-likeness (QED) is 0.855. The number of rotatable bonds is 4. The molecule has 0 unspecified atom stereocenters. The van der Waals surface area contributed by atoms with Crippen molar-refractivity contribution in [2.45, 2.75) is 45.1 Å². The molecule has 1 saturated carbocycles. The Morgan fingerprint density at radius 2 is 2.05 bits per heavy atom. The molecule has 4 heteroatoms. The minimum atomic E-state index is -0.891. The molecule has 1 aromatic carbocycles. The van der Waals surface area contributed by atoms with Gasteiger partial charge in [-0.3, -0.25) is 0 Å². The fourth-order valence-corrected chi connectivity index (χ4v) is 3.33. The lowest BCUT2D eigenvalue weighted by Crippen LogP contribution is -2.26. The number of halogens is 1. The van der Waals surface area contributed by atoms with Crippen LogP contribution in [0, 0.1) is 5.92 Å². The van der Waals surface area contributed by atoms with Gasteiger partial charge in [0.25, 0.3) is 0 Å². The standard InChI is InChI=1S/C15H20BrNO2/c1-2-10-6-8-11(9-7-10)17-13-5-3-4-12(16)14(13)15(18)19/h3-5,10-11,17H,2,6-9H2,1H3,(H,18,19). The summed E-state index contributed by atoms with van der Waals surface area (Å²) in [5.74, 6) is -0.0447. The summed E-state index contributed by atoms with van der Waals surface area (Å²) in [7, 11) is 0. The van der Waals surface area contributed by atoms with Crippen molar-refractivity contribution < 1.29 is 9.90 Å². The molecule has 0 amide bonds. The number of carboxylic acid groups (broad SMARTS) is 1. The molecule has 0 aliphatic heterocycles. The Labute approximate surface area is 122 Å². The van der Waals surface area contributed by atoms with E-state index in [1.165, 1.54) is 19.3 Å². The van der Waals surface area contributed by atoms with Crippen LogP contribution < -0.4 is 5.32 Å². The summed E-state index contributed by atoms with van der Waals surface area (Å²) in [4.78, 5) is 11.3. The Morgan fingerprint density at radius 1 is 1.37 bits per heavy atom. The summed E-state index contributed by atoms with van der Waals surface area (Å²) in [6, 6.07) is 5.88. The Bertz CT molecular complexity index is 453. The van der Waals surface area contributed by atoms with Crippen molar-refractivity contribution >= 4 is 27.6 Å². The third kappa shape index (κ3) is 3.50. The van der Waals surface area contributed by atoms with E-state index in [0.29, 0.717) is 16.1 Å². The molecule has 3 nitrogen and oxygen atoms in total. The number of carbonyl (C=O) groups is 1. The molecule has 1 aliphatic carbocycles. The number of hydrogen-bond donors (Lipinski definition) is 2. The van der Waals surface area contributed by atoms with Gasteiger partial charge in [0.1, 0.15) is 0 Å². The maximum Gasteiger partial charge on any atom is 0.338 e. The third-order valence-electron chi connectivity index (χ3n) is 4.01. The topological polar surface area (TPSA) is 49.3 Å². The number of anilines is 1. The van der Waals surface area contributed by atoms with Gasteiger partial charge >= 0.3 is 5.97 Å². The summed E-state index contributed by atoms with van der Waals surface area (Å²) >= 11 is 3.31. The largest absolute Gasteiger partial charge is 0.478 e. The second-order valence-corrected chi connectivity index (χ2v) is 6.09. The predicted octanol–water partition coefficient (Wildman–Crippen LogP) is 4.53. The zero-order valence-corrected chi connectivity index (χ0v) is 12.7. The van der Waals surface area contributed by atoms with Gasteiger partial charge in [-0.15, -0.1) is 0 Å². The van der Waals surface area contributed by atoms with E-state index in [1.807, 2.05) is 12.1 Å². The van der Waals surface area contributed by atoms with Crippen molar-refractivity contribution in [3.63, 3.8) is 0 Å². The molecule has 0 heterocycles. The van der Waals surface area contributed by atoms with Gasteiger partial charge in [0.15, 0.2) is 0 Å².